The Morgan fingerprint density at radius 3 is 1.30 bits per heavy atom. The van der Waals surface area contributed by atoms with E-state index in [4.69, 9.17) is 20.0 Å². The van der Waals surface area contributed by atoms with Crippen LogP contribution in [0.25, 0.3) is 75.0 Å². The van der Waals surface area contributed by atoms with Crippen molar-refractivity contribution in [2.75, 3.05) is 9.80 Å². The second kappa shape index (κ2) is 11.4. The largest absolute Gasteiger partial charge is 0.291 e. The Hall–Kier alpha value is -6.74. The van der Waals surface area contributed by atoms with E-state index < -0.39 is 0 Å². The van der Waals surface area contributed by atoms with Gasteiger partial charge in [-0.05, 0) is 35.0 Å². The van der Waals surface area contributed by atoms with E-state index in [-0.39, 0.29) is 0 Å². The van der Waals surface area contributed by atoms with Crippen molar-refractivity contribution in [3.05, 3.63) is 146 Å². The van der Waals surface area contributed by atoms with Gasteiger partial charge >= 0.3 is 0 Å². The van der Waals surface area contributed by atoms with Gasteiger partial charge in [-0.2, -0.15) is 0 Å². The molecule has 10 aromatic rings. The van der Waals surface area contributed by atoms with Crippen LogP contribution in [0.5, 0.6) is 0 Å². The number of aromatic nitrogens is 2. The van der Waals surface area contributed by atoms with Gasteiger partial charge in [0.25, 0.3) is 0 Å². The third-order valence-corrected chi connectivity index (χ3v) is 13.1. The molecule has 12 rings (SSSR count). The number of thiophene rings is 2. The molecule has 0 fully saturated rings. The minimum absolute atomic E-state index is 0.880. The lowest BCUT2D eigenvalue weighted by atomic mass is 10.0. The minimum Gasteiger partial charge on any atom is -0.291 e. The van der Waals surface area contributed by atoms with Crippen LogP contribution in [0.1, 0.15) is 0 Å². The Bertz CT molecular complexity index is 3040. The second-order valence-corrected chi connectivity index (χ2v) is 15.5. The first kappa shape index (κ1) is 29.8. The van der Waals surface area contributed by atoms with Gasteiger partial charge in [-0.1, -0.05) is 109 Å². The van der Waals surface area contributed by atoms with Gasteiger partial charge in [0.1, 0.15) is 22.7 Å². The van der Waals surface area contributed by atoms with E-state index in [1.54, 1.807) is 22.7 Å². The van der Waals surface area contributed by atoms with Crippen LogP contribution in [0.15, 0.2) is 156 Å². The third kappa shape index (κ3) is 4.20. The normalized spacial score (nSPS) is 13.3. The highest BCUT2D eigenvalue weighted by Crippen LogP contribution is 2.53. The van der Waals surface area contributed by atoms with Gasteiger partial charge < -0.3 is 0 Å². The zero-order chi connectivity index (χ0) is 35.3. The molecule has 3 aromatic heterocycles. The highest BCUT2D eigenvalue weighted by Gasteiger charge is 2.27. The van der Waals surface area contributed by atoms with Gasteiger partial charge in [0, 0.05) is 65.6 Å². The maximum absolute atomic E-state index is 5.04. The van der Waals surface area contributed by atoms with E-state index in [2.05, 4.69) is 143 Å². The van der Waals surface area contributed by atoms with Crippen LogP contribution >= 0.6 is 22.7 Å². The number of benzene rings is 7. The number of rotatable bonds is 4. The van der Waals surface area contributed by atoms with E-state index in [9.17, 15) is 0 Å². The number of hydrogen-bond donors (Lipinski definition) is 0. The van der Waals surface area contributed by atoms with Crippen molar-refractivity contribution in [2.45, 2.75) is 0 Å². The average molecular weight is 727 g/mol. The summed E-state index contributed by atoms with van der Waals surface area (Å²) in [5, 5.41) is 11.7. The van der Waals surface area contributed by atoms with Gasteiger partial charge in [-0.15, -0.1) is 22.7 Å². The summed E-state index contributed by atoms with van der Waals surface area (Å²) >= 11 is 3.55. The fourth-order valence-electron chi connectivity index (χ4n) is 8.24. The predicted octanol–water partition coefficient (Wildman–Crippen LogP) is 13.3. The molecule has 0 spiro atoms. The van der Waals surface area contributed by atoms with Crippen LogP contribution in [0.4, 0.5) is 32.8 Å². The van der Waals surface area contributed by atoms with Crippen LogP contribution < -0.4 is 9.80 Å². The zero-order valence-corrected chi connectivity index (χ0v) is 30.1. The summed E-state index contributed by atoms with van der Waals surface area (Å²) in [4.78, 5) is 26.7. The van der Waals surface area contributed by atoms with Crippen LogP contribution in [0.3, 0.4) is 0 Å². The minimum atomic E-state index is 0.880. The summed E-state index contributed by atoms with van der Waals surface area (Å²) < 4.78 is 0. The number of anilines is 4. The van der Waals surface area contributed by atoms with E-state index in [0.29, 0.717) is 0 Å². The fraction of sp³-hybridized carbons (Fsp3) is 0. The number of nitrogens with zero attached hydrogens (tertiary/aromatic N) is 6. The SMILES string of the molecule is C1=Nc2cccc3cccc(c23)N1c1sc(-c2ccc(-c3sc(N4C=Nc5cccc6cccc4c56)c4ccccc34)c3nccnc23)c2ccccc12. The van der Waals surface area contributed by atoms with E-state index >= 15 is 0 Å². The molecule has 5 heterocycles. The predicted molar refractivity (Wildman–Crippen MR) is 230 cm³/mol. The lowest BCUT2D eigenvalue weighted by Gasteiger charge is -2.24. The molecule has 0 amide bonds. The first-order chi connectivity index (χ1) is 26.8. The van der Waals surface area contributed by atoms with Crippen molar-refractivity contribution in [3.63, 3.8) is 0 Å². The fourth-order valence-corrected chi connectivity index (χ4v) is 10.8. The topological polar surface area (TPSA) is 57.0 Å². The maximum atomic E-state index is 5.04. The highest BCUT2D eigenvalue weighted by molar-refractivity contribution is 7.22. The Morgan fingerprint density at radius 1 is 0.407 bits per heavy atom. The summed E-state index contributed by atoms with van der Waals surface area (Å²) in [6.45, 7) is 0. The van der Waals surface area contributed by atoms with E-state index in [1.807, 2.05) is 25.1 Å². The molecular weight excluding hydrogens is 701 g/mol. The number of aliphatic imine (C=N–C) groups is 2. The van der Waals surface area contributed by atoms with Crippen molar-refractivity contribution in [2.24, 2.45) is 9.98 Å². The lowest BCUT2D eigenvalue weighted by molar-refractivity contribution is 1.30. The molecule has 2 aliphatic heterocycles. The van der Waals surface area contributed by atoms with Crippen LogP contribution in [-0.2, 0) is 0 Å². The van der Waals surface area contributed by atoms with Crippen LogP contribution in [0, 0.1) is 0 Å². The third-order valence-electron chi connectivity index (χ3n) is 10.6. The molecule has 252 valence electrons. The smallest absolute Gasteiger partial charge is 0.109 e. The average Bonchev–Trinajstić information content (AvgIpc) is 3.81. The van der Waals surface area contributed by atoms with Crippen molar-refractivity contribution in [3.8, 4) is 20.9 Å². The van der Waals surface area contributed by atoms with E-state index in [0.717, 1.165) is 64.7 Å². The summed E-state index contributed by atoms with van der Waals surface area (Å²) in [7, 11) is 0. The van der Waals surface area contributed by atoms with Gasteiger partial charge in [0.15, 0.2) is 0 Å². The molecule has 7 aromatic carbocycles. The van der Waals surface area contributed by atoms with Crippen molar-refractivity contribution in [1.29, 1.82) is 0 Å². The van der Waals surface area contributed by atoms with E-state index in [1.165, 1.54) is 43.1 Å². The molecule has 0 saturated carbocycles. The van der Waals surface area contributed by atoms with Gasteiger partial charge in [0.2, 0.25) is 0 Å². The number of hydrogen-bond acceptors (Lipinski definition) is 8. The summed E-state index contributed by atoms with van der Waals surface area (Å²) in [5.41, 5.74) is 8.15. The molecule has 2 aliphatic rings. The van der Waals surface area contributed by atoms with Gasteiger partial charge in [-0.3, -0.25) is 19.8 Å². The lowest BCUT2D eigenvalue weighted by Crippen LogP contribution is -2.15. The molecule has 0 N–H and O–H groups in total. The molecule has 0 atom stereocenters. The first-order valence-electron chi connectivity index (χ1n) is 17.8. The molecule has 8 heteroatoms. The monoisotopic (exact) mass is 726 g/mol. The Morgan fingerprint density at radius 2 is 0.833 bits per heavy atom. The summed E-state index contributed by atoms with van der Waals surface area (Å²) in [6, 6.07) is 47.4. The highest BCUT2D eigenvalue weighted by atomic mass is 32.1. The molecule has 6 nitrogen and oxygen atoms in total. The molecular formula is C46H26N6S2. The molecule has 0 radical (unpaired) electrons. The molecule has 0 saturated heterocycles. The number of fused-ring (bicyclic) bond motifs is 3. The molecule has 54 heavy (non-hydrogen) atoms. The van der Waals surface area contributed by atoms with Gasteiger partial charge in [-0.25, -0.2) is 9.98 Å². The first-order valence-corrected chi connectivity index (χ1v) is 19.4. The Kier molecular flexibility index (Phi) is 6.28. The molecule has 0 aliphatic carbocycles. The van der Waals surface area contributed by atoms with Crippen molar-refractivity contribution in [1.82, 2.24) is 9.97 Å². The van der Waals surface area contributed by atoms with Gasteiger partial charge in [0.05, 0.1) is 33.8 Å². The standard InChI is InChI=1S/C46H26N6S2/c1-3-15-31-29(13-1)43(53-45(31)51-25-49-35-17-5-9-27-11-7-19-37(51)39(27)35)33-21-22-34(42-41(33)47-23-24-48-42)44-30-14-2-4-16-32(30)46(54-44)52-26-50-36-18-6-10-28-12-8-20-38(52)40(28)36/h1-26H. The second-order valence-electron chi connectivity index (χ2n) is 13.5. The maximum Gasteiger partial charge on any atom is 0.109 e. The summed E-state index contributed by atoms with van der Waals surface area (Å²) in [5.74, 6) is 0. The molecule has 0 bridgehead atoms. The van der Waals surface area contributed by atoms with Crippen LogP contribution in [0.2, 0.25) is 0 Å². The van der Waals surface area contributed by atoms with Crippen molar-refractivity contribution >= 4 is 122 Å². The Balaban J connectivity index is 1.04. The van der Waals surface area contributed by atoms with Crippen molar-refractivity contribution < 1.29 is 0 Å². The zero-order valence-electron chi connectivity index (χ0n) is 28.5. The summed E-state index contributed by atoms with van der Waals surface area (Å²) in [6.07, 6.45) is 7.54. The molecule has 0 unspecified atom stereocenters. The quantitative estimate of drug-likeness (QED) is 0.181. The Labute approximate surface area is 317 Å². The van der Waals surface area contributed by atoms with Crippen LogP contribution in [-0.4, -0.2) is 22.6 Å².